The molecule has 0 aliphatic heterocycles. The van der Waals surface area contributed by atoms with Crippen LogP contribution in [0.25, 0.3) is 5.69 Å². The minimum absolute atomic E-state index is 0.208. The number of nitrogens with zero attached hydrogens (tertiary/aromatic N) is 5. The number of hydrogen-bond acceptors (Lipinski definition) is 7. The predicted molar refractivity (Wildman–Crippen MR) is 132 cm³/mol. The van der Waals surface area contributed by atoms with Crippen LogP contribution < -0.4 is 10.1 Å². The summed E-state index contributed by atoms with van der Waals surface area (Å²) in [4.78, 5) is 21.5. The third-order valence-electron chi connectivity index (χ3n) is 4.82. The molecule has 1 N–H and O–H groups in total. The highest BCUT2D eigenvalue weighted by Crippen LogP contribution is 2.26. The molecular formula is C23H20Cl2N6O2S. The maximum Gasteiger partial charge on any atom is 0.273 e. The minimum Gasteiger partial charge on any atom is -0.496 e. The second-order valence-corrected chi connectivity index (χ2v) is 8.88. The molecule has 0 saturated heterocycles. The molecular weight excluding hydrogens is 495 g/mol. The highest BCUT2D eigenvalue weighted by Gasteiger charge is 2.21. The average Bonchev–Trinajstić information content (AvgIpc) is 3.27. The number of nitrogens with one attached hydrogen (secondary N) is 1. The Morgan fingerprint density at radius 2 is 1.82 bits per heavy atom. The van der Waals surface area contributed by atoms with Gasteiger partial charge in [0, 0.05) is 34.7 Å². The first-order valence-corrected chi connectivity index (χ1v) is 12.0. The highest BCUT2D eigenvalue weighted by atomic mass is 35.5. The smallest absolute Gasteiger partial charge is 0.273 e. The first-order valence-electron chi connectivity index (χ1n) is 10.3. The van der Waals surface area contributed by atoms with Crippen molar-refractivity contribution in [1.29, 1.82) is 0 Å². The van der Waals surface area contributed by atoms with Gasteiger partial charge in [-0.1, -0.05) is 58.4 Å². The first-order chi connectivity index (χ1) is 16.5. The van der Waals surface area contributed by atoms with Crippen molar-refractivity contribution < 1.29 is 9.53 Å². The average molecular weight is 515 g/mol. The summed E-state index contributed by atoms with van der Waals surface area (Å²) in [6.45, 7) is 0.406. The number of para-hydroxylation sites is 1. The van der Waals surface area contributed by atoms with E-state index >= 15 is 0 Å². The molecule has 0 atom stereocenters. The summed E-state index contributed by atoms with van der Waals surface area (Å²) in [6.07, 6.45) is 3.93. The first kappa shape index (κ1) is 24.0. The predicted octanol–water partition coefficient (Wildman–Crippen LogP) is 4.64. The highest BCUT2D eigenvalue weighted by molar-refractivity contribution is 7.98. The Kier molecular flexibility index (Phi) is 7.99. The van der Waals surface area contributed by atoms with Crippen molar-refractivity contribution in [3.63, 3.8) is 0 Å². The molecule has 2 aromatic carbocycles. The van der Waals surface area contributed by atoms with Gasteiger partial charge in [0.15, 0.2) is 10.9 Å². The SMILES string of the molecule is COc1ccccc1CCNC(=O)c1nnn(-c2cc(Cl)cc(Cl)c2)c1CSc1ncccn1. The number of amides is 1. The van der Waals surface area contributed by atoms with E-state index in [4.69, 9.17) is 27.9 Å². The zero-order valence-electron chi connectivity index (χ0n) is 18.1. The van der Waals surface area contributed by atoms with Crippen LogP contribution >= 0.6 is 35.0 Å². The Labute approximate surface area is 210 Å². The van der Waals surface area contributed by atoms with Crippen molar-refractivity contribution in [2.45, 2.75) is 17.3 Å². The van der Waals surface area contributed by atoms with Gasteiger partial charge >= 0.3 is 0 Å². The number of rotatable bonds is 9. The number of halogens is 2. The van der Waals surface area contributed by atoms with Gasteiger partial charge in [-0.25, -0.2) is 14.6 Å². The van der Waals surface area contributed by atoms with Crippen molar-refractivity contribution in [2.75, 3.05) is 13.7 Å². The number of ether oxygens (including phenoxy) is 1. The summed E-state index contributed by atoms with van der Waals surface area (Å²) in [6, 6.07) is 14.5. The van der Waals surface area contributed by atoms with Gasteiger partial charge in [-0.2, -0.15) is 0 Å². The van der Waals surface area contributed by atoms with Gasteiger partial charge in [-0.05, 0) is 42.3 Å². The van der Waals surface area contributed by atoms with Gasteiger partial charge in [-0.3, -0.25) is 4.79 Å². The number of benzene rings is 2. The van der Waals surface area contributed by atoms with E-state index in [0.29, 0.717) is 45.3 Å². The Morgan fingerprint density at radius 3 is 2.56 bits per heavy atom. The fraction of sp³-hybridized carbons (Fsp3) is 0.174. The van der Waals surface area contributed by atoms with E-state index in [1.54, 1.807) is 48.5 Å². The monoisotopic (exact) mass is 514 g/mol. The molecule has 2 heterocycles. The van der Waals surface area contributed by atoms with Gasteiger partial charge in [-0.15, -0.1) is 5.10 Å². The summed E-state index contributed by atoms with van der Waals surface area (Å²) in [5.41, 5.74) is 2.38. The molecule has 34 heavy (non-hydrogen) atoms. The van der Waals surface area contributed by atoms with Gasteiger partial charge < -0.3 is 10.1 Å². The van der Waals surface area contributed by atoms with Crippen LogP contribution in [-0.4, -0.2) is 44.5 Å². The topological polar surface area (TPSA) is 94.8 Å². The zero-order chi connectivity index (χ0) is 23.9. The van der Waals surface area contributed by atoms with E-state index in [9.17, 15) is 4.79 Å². The van der Waals surface area contributed by atoms with Crippen LogP contribution in [0.1, 0.15) is 21.7 Å². The molecule has 0 fully saturated rings. The lowest BCUT2D eigenvalue weighted by molar-refractivity contribution is 0.0948. The van der Waals surface area contributed by atoms with Crippen LogP contribution in [0.3, 0.4) is 0 Å². The molecule has 0 aliphatic rings. The zero-order valence-corrected chi connectivity index (χ0v) is 20.4. The largest absolute Gasteiger partial charge is 0.496 e. The Hall–Kier alpha value is -3.14. The Morgan fingerprint density at radius 1 is 1.09 bits per heavy atom. The van der Waals surface area contributed by atoms with Crippen molar-refractivity contribution >= 4 is 40.9 Å². The molecule has 1 amide bonds. The summed E-state index contributed by atoms with van der Waals surface area (Å²) in [5.74, 6) is 0.801. The van der Waals surface area contributed by atoms with E-state index in [1.807, 2.05) is 24.3 Å². The molecule has 11 heteroatoms. The quantitative estimate of drug-likeness (QED) is 0.256. The lowest BCUT2D eigenvalue weighted by Gasteiger charge is -2.10. The standard InChI is InChI=1S/C23H20Cl2N6O2S/c1-33-20-6-3-2-5-15(20)7-10-26-22(32)21-19(14-34-23-27-8-4-9-28-23)31(30-29-21)18-12-16(24)11-17(25)13-18/h2-6,8-9,11-13H,7,10,14H2,1H3,(H,26,32). The van der Waals surface area contributed by atoms with Crippen LogP contribution in [0.2, 0.25) is 10.0 Å². The van der Waals surface area contributed by atoms with Crippen LogP contribution in [0, 0.1) is 0 Å². The van der Waals surface area contributed by atoms with Gasteiger partial charge in [0.1, 0.15) is 5.75 Å². The van der Waals surface area contributed by atoms with E-state index in [1.165, 1.54) is 11.8 Å². The maximum atomic E-state index is 13.0. The lowest BCUT2D eigenvalue weighted by Crippen LogP contribution is -2.27. The summed E-state index contributed by atoms with van der Waals surface area (Å²) in [5, 5.41) is 12.8. The van der Waals surface area contributed by atoms with E-state index in [0.717, 1.165) is 11.3 Å². The van der Waals surface area contributed by atoms with Crippen LogP contribution in [0.5, 0.6) is 5.75 Å². The van der Waals surface area contributed by atoms with Gasteiger partial charge in [0.2, 0.25) is 0 Å². The molecule has 0 radical (unpaired) electrons. The number of hydrogen-bond donors (Lipinski definition) is 1. The van der Waals surface area contributed by atoms with Crippen molar-refractivity contribution in [2.24, 2.45) is 0 Å². The van der Waals surface area contributed by atoms with Crippen molar-refractivity contribution in [3.8, 4) is 11.4 Å². The molecule has 0 bridgehead atoms. The Bertz CT molecular complexity index is 1270. The Balaban J connectivity index is 1.56. The number of aromatic nitrogens is 5. The molecule has 8 nitrogen and oxygen atoms in total. The molecule has 0 unspecified atom stereocenters. The molecule has 0 saturated carbocycles. The molecule has 2 aromatic heterocycles. The summed E-state index contributed by atoms with van der Waals surface area (Å²) >= 11 is 13.7. The molecule has 0 spiro atoms. The molecule has 174 valence electrons. The number of carbonyl (C=O) groups is 1. The third kappa shape index (κ3) is 5.85. The third-order valence-corrected chi connectivity index (χ3v) is 6.15. The van der Waals surface area contributed by atoms with E-state index < -0.39 is 0 Å². The fourth-order valence-corrected chi connectivity index (χ4v) is 4.58. The minimum atomic E-state index is -0.334. The normalized spacial score (nSPS) is 10.8. The number of thioether (sulfide) groups is 1. The summed E-state index contributed by atoms with van der Waals surface area (Å²) < 4.78 is 6.94. The molecule has 4 rings (SSSR count). The second kappa shape index (κ2) is 11.3. The molecule has 0 aliphatic carbocycles. The number of methoxy groups -OCH3 is 1. The fourth-order valence-electron chi connectivity index (χ4n) is 3.27. The summed E-state index contributed by atoms with van der Waals surface area (Å²) in [7, 11) is 1.62. The van der Waals surface area contributed by atoms with Crippen molar-refractivity contribution in [3.05, 3.63) is 87.9 Å². The van der Waals surface area contributed by atoms with Crippen molar-refractivity contribution in [1.82, 2.24) is 30.3 Å². The van der Waals surface area contributed by atoms with Crippen LogP contribution in [-0.2, 0) is 12.2 Å². The van der Waals surface area contributed by atoms with Gasteiger partial charge in [0.05, 0.1) is 18.5 Å². The molecule has 4 aromatic rings. The van der Waals surface area contributed by atoms with Crippen LogP contribution in [0.4, 0.5) is 0 Å². The number of carbonyl (C=O) groups excluding carboxylic acids is 1. The van der Waals surface area contributed by atoms with Gasteiger partial charge in [0.25, 0.3) is 5.91 Å². The maximum absolute atomic E-state index is 13.0. The lowest BCUT2D eigenvalue weighted by atomic mass is 10.1. The second-order valence-electron chi connectivity index (χ2n) is 7.06. The van der Waals surface area contributed by atoms with E-state index in [-0.39, 0.29) is 11.6 Å². The van der Waals surface area contributed by atoms with Crippen LogP contribution in [0.15, 0.2) is 66.1 Å². The van der Waals surface area contributed by atoms with E-state index in [2.05, 4.69) is 25.6 Å².